The smallest absolute Gasteiger partial charge is 0.264 e. The van der Waals surface area contributed by atoms with Gasteiger partial charge in [0.15, 0.2) is 0 Å². The van der Waals surface area contributed by atoms with Gasteiger partial charge in [0.05, 0.1) is 74.7 Å². The lowest BCUT2D eigenvalue weighted by Crippen LogP contribution is -2.54. The number of aliphatic hydroxyl groups excluding tert-OH is 1. The molecule has 1 saturated carbocycles. The van der Waals surface area contributed by atoms with Crippen LogP contribution in [-0.2, 0) is 39.9 Å². The third kappa shape index (κ3) is 13.7. The third-order valence-electron chi connectivity index (χ3n) is 12.2. The van der Waals surface area contributed by atoms with Crippen LogP contribution in [0, 0.1) is 0 Å². The van der Waals surface area contributed by atoms with Crippen LogP contribution in [0.1, 0.15) is 84.6 Å². The second kappa shape index (κ2) is 24.9. The van der Waals surface area contributed by atoms with Crippen LogP contribution < -0.4 is 21.3 Å². The van der Waals surface area contributed by atoms with Gasteiger partial charge in [-0.1, -0.05) is 25.5 Å². The van der Waals surface area contributed by atoms with Crippen molar-refractivity contribution in [2.24, 2.45) is 0 Å². The fraction of sp³-hybridized carbons (Fsp3) is 0.574. The molecule has 3 aliphatic heterocycles. The number of carbonyl (C=O) groups is 5. The van der Waals surface area contributed by atoms with Crippen LogP contribution in [0.4, 0.5) is 17.5 Å². The predicted octanol–water partition coefficient (Wildman–Crippen LogP) is 2.69. The molecule has 0 spiro atoms. The molecule has 5 heterocycles. The Kier molecular flexibility index (Phi) is 18.3. The largest absolute Gasteiger partial charge is 0.393 e. The Hall–Kier alpha value is -5.64. The molecule has 5 N–H and O–H groups in total. The zero-order valence-electron chi connectivity index (χ0n) is 38.3. The van der Waals surface area contributed by atoms with Gasteiger partial charge in [0.25, 0.3) is 11.8 Å². The maximum Gasteiger partial charge on any atom is 0.264 e. The van der Waals surface area contributed by atoms with Crippen molar-refractivity contribution in [3.05, 3.63) is 59.4 Å². The number of piperidine rings is 1. The quantitative estimate of drug-likeness (QED) is 0.0607. The van der Waals surface area contributed by atoms with E-state index in [4.69, 9.17) is 28.9 Å². The Morgan fingerprint density at radius 1 is 0.791 bits per heavy atom. The van der Waals surface area contributed by atoms with Gasteiger partial charge in [-0.05, 0) is 62.3 Å². The van der Waals surface area contributed by atoms with E-state index in [0.717, 1.165) is 92.2 Å². The van der Waals surface area contributed by atoms with E-state index in [1.165, 1.54) is 0 Å². The summed E-state index contributed by atoms with van der Waals surface area (Å²) in [5, 5.41) is 22.3. The SMILES string of the molecule is CCCCNc1ncc(-c2ccc(CN3CCN(C(=O)COCCOCCOCCOCCNc4cccc5c4C(=O)N(C4CCC(=O)NC4=O)C5=O)CC3)cn2)c(NC2CCC(O)CC2)n1. The first kappa shape index (κ1) is 49.3. The maximum absolute atomic E-state index is 13.2. The highest BCUT2D eigenvalue weighted by molar-refractivity contribution is 6.25. The summed E-state index contributed by atoms with van der Waals surface area (Å²) in [5.74, 6) is -0.897. The number of hydrogen-bond acceptors (Lipinski definition) is 17. The zero-order valence-corrected chi connectivity index (χ0v) is 38.3. The van der Waals surface area contributed by atoms with E-state index in [-0.39, 0.29) is 48.6 Å². The van der Waals surface area contributed by atoms with Gasteiger partial charge in [-0.3, -0.25) is 44.1 Å². The molecule has 20 nitrogen and oxygen atoms in total. The minimum absolute atomic E-state index is 0.00152. The number of aliphatic hydroxyl groups is 1. The van der Waals surface area contributed by atoms with Gasteiger partial charge < -0.3 is 44.9 Å². The van der Waals surface area contributed by atoms with Crippen LogP contribution in [0.15, 0.2) is 42.7 Å². The van der Waals surface area contributed by atoms with Crippen molar-refractivity contribution >= 4 is 47.0 Å². The van der Waals surface area contributed by atoms with E-state index in [9.17, 15) is 29.1 Å². The fourth-order valence-corrected chi connectivity index (χ4v) is 8.48. The lowest BCUT2D eigenvalue weighted by molar-refractivity contribution is -0.138. The van der Waals surface area contributed by atoms with Crippen molar-refractivity contribution in [1.29, 1.82) is 0 Å². The van der Waals surface area contributed by atoms with Gasteiger partial charge in [-0.15, -0.1) is 0 Å². The Morgan fingerprint density at radius 2 is 1.52 bits per heavy atom. The molecule has 362 valence electrons. The van der Waals surface area contributed by atoms with Gasteiger partial charge in [0.1, 0.15) is 18.5 Å². The van der Waals surface area contributed by atoms with Crippen molar-refractivity contribution in [3.63, 3.8) is 0 Å². The highest BCUT2D eigenvalue weighted by Gasteiger charge is 2.45. The monoisotopic (exact) mass is 928 g/mol. The van der Waals surface area contributed by atoms with E-state index < -0.39 is 29.7 Å². The molecule has 2 saturated heterocycles. The topological polar surface area (TPSA) is 239 Å². The summed E-state index contributed by atoms with van der Waals surface area (Å²) in [5.41, 5.74) is 3.60. The van der Waals surface area contributed by atoms with Gasteiger partial charge in [-0.2, -0.15) is 4.98 Å². The highest BCUT2D eigenvalue weighted by atomic mass is 16.6. The third-order valence-corrected chi connectivity index (χ3v) is 12.2. The van der Waals surface area contributed by atoms with E-state index in [1.54, 1.807) is 18.2 Å². The van der Waals surface area contributed by atoms with Crippen molar-refractivity contribution in [2.75, 3.05) is 108 Å². The van der Waals surface area contributed by atoms with Gasteiger partial charge in [0.2, 0.25) is 23.7 Å². The second-order valence-corrected chi connectivity index (χ2v) is 17.1. The molecule has 0 radical (unpaired) electrons. The number of ether oxygens (including phenoxy) is 4. The first-order valence-electron chi connectivity index (χ1n) is 23.6. The fourth-order valence-electron chi connectivity index (χ4n) is 8.48. The molecule has 20 heteroatoms. The summed E-state index contributed by atoms with van der Waals surface area (Å²) < 4.78 is 22.4. The number of pyridine rings is 1. The van der Waals surface area contributed by atoms with E-state index >= 15 is 0 Å². The van der Waals surface area contributed by atoms with Gasteiger partial charge >= 0.3 is 0 Å². The first-order chi connectivity index (χ1) is 32.7. The van der Waals surface area contributed by atoms with E-state index in [2.05, 4.69) is 44.1 Å². The van der Waals surface area contributed by atoms with Crippen molar-refractivity contribution < 1.29 is 48.0 Å². The molecule has 4 aliphatic rings. The lowest BCUT2D eigenvalue weighted by atomic mass is 9.93. The van der Waals surface area contributed by atoms with Crippen molar-refractivity contribution in [1.82, 2.24) is 35.0 Å². The molecule has 1 unspecified atom stereocenters. The number of amides is 5. The number of fused-ring (bicyclic) bond motifs is 1. The molecule has 2 aromatic heterocycles. The van der Waals surface area contributed by atoms with Crippen molar-refractivity contribution in [2.45, 2.75) is 83.0 Å². The number of carbonyl (C=O) groups excluding carboxylic acids is 5. The molecule has 7 rings (SSSR count). The average molecular weight is 929 g/mol. The van der Waals surface area contributed by atoms with Crippen LogP contribution in [0.5, 0.6) is 0 Å². The summed E-state index contributed by atoms with van der Waals surface area (Å²) >= 11 is 0. The number of aromatic nitrogens is 3. The summed E-state index contributed by atoms with van der Waals surface area (Å²) in [6, 6.07) is 8.21. The molecule has 3 fully saturated rings. The molecule has 3 aromatic rings. The Balaban J connectivity index is 0.711. The summed E-state index contributed by atoms with van der Waals surface area (Å²) in [4.78, 5) is 82.3. The number of nitrogens with zero attached hydrogens (tertiary/aromatic N) is 6. The molecule has 1 aliphatic carbocycles. The number of rotatable bonds is 25. The standard InChI is InChI=1S/C47H64N10O10/c1-2-3-15-49-47-51-29-36(43(54-47)52-33-8-10-34(58)11-9-33)37-12-7-32(28-50-37)30-55-17-19-56(20-18-55)41(60)31-67-27-26-66-25-24-65-23-22-64-21-16-48-38-6-4-5-35-42(38)46(63)57(45(35)62)39-13-14-40(59)53-44(39)61/h4-7,12,28-29,33-34,39,48,58H,2-3,8-11,13-27,30-31H2,1H3,(H,53,59,61)(H2,49,51,52,54). The molecule has 5 amide bonds. The van der Waals surface area contributed by atoms with E-state index in [1.807, 2.05) is 23.4 Å². The number of imide groups is 2. The van der Waals surface area contributed by atoms with E-state index in [0.29, 0.717) is 77.5 Å². The number of anilines is 3. The highest BCUT2D eigenvalue weighted by Crippen LogP contribution is 2.33. The zero-order chi connectivity index (χ0) is 47.0. The Morgan fingerprint density at radius 3 is 2.22 bits per heavy atom. The Labute approximate surface area is 390 Å². The Bertz CT molecular complexity index is 2150. The normalized spacial score (nSPS) is 19.9. The van der Waals surface area contributed by atoms with Crippen LogP contribution in [-0.4, -0.2) is 175 Å². The maximum atomic E-state index is 13.2. The summed E-state index contributed by atoms with van der Waals surface area (Å²) in [6.07, 6.45) is 9.09. The van der Waals surface area contributed by atoms with Crippen LogP contribution in [0.25, 0.3) is 11.3 Å². The molecule has 67 heavy (non-hydrogen) atoms. The predicted molar refractivity (Wildman–Crippen MR) is 247 cm³/mol. The minimum Gasteiger partial charge on any atom is -0.393 e. The van der Waals surface area contributed by atoms with Crippen LogP contribution >= 0.6 is 0 Å². The average Bonchev–Trinajstić information content (AvgIpc) is 3.59. The summed E-state index contributed by atoms with van der Waals surface area (Å²) in [7, 11) is 0. The van der Waals surface area contributed by atoms with Crippen LogP contribution in [0.3, 0.4) is 0 Å². The number of nitrogens with one attached hydrogen (secondary N) is 4. The molecular formula is C47H64N10O10. The molecule has 0 bridgehead atoms. The molecule has 1 aromatic carbocycles. The van der Waals surface area contributed by atoms with Crippen LogP contribution in [0.2, 0.25) is 0 Å². The second-order valence-electron chi connectivity index (χ2n) is 17.1. The van der Waals surface area contributed by atoms with Crippen molar-refractivity contribution in [3.8, 4) is 11.3 Å². The lowest BCUT2D eigenvalue weighted by Gasteiger charge is -2.34. The first-order valence-corrected chi connectivity index (χ1v) is 23.6. The number of piperazine rings is 1. The van der Waals surface area contributed by atoms with Gasteiger partial charge in [-0.25, -0.2) is 4.98 Å². The number of unbranched alkanes of at least 4 members (excludes halogenated alkanes) is 1. The molecule has 1 atom stereocenters. The van der Waals surface area contributed by atoms with Gasteiger partial charge in [0, 0.05) is 76.4 Å². The minimum atomic E-state index is -1.02. The number of hydrogen-bond donors (Lipinski definition) is 5. The summed E-state index contributed by atoms with van der Waals surface area (Å²) in [6.45, 7) is 9.17. The molecular weight excluding hydrogens is 865 g/mol. The number of benzene rings is 1.